The number of ether oxygens (including phenoxy) is 2. The van der Waals surface area contributed by atoms with Crippen molar-refractivity contribution in [3.63, 3.8) is 0 Å². The lowest BCUT2D eigenvalue weighted by Gasteiger charge is -2.41. The summed E-state index contributed by atoms with van der Waals surface area (Å²) < 4.78 is 11.3. The van der Waals surface area contributed by atoms with E-state index >= 15 is 0 Å². The fourth-order valence-corrected chi connectivity index (χ4v) is 6.81. The number of nitro groups is 1. The van der Waals surface area contributed by atoms with E-state index in [0.29, 0.717) is 87.5 Å². The molecule has 0 bridgehead atoms. The molecule has 2 amide bonds. The number of likely N-dealkylation sites (tertiary alicyclic amines) is 1. The maximum atomic E-state index is 13.2. The number of azide groups is 1. The number of nitrogens with one attached hydrogen (secondary N) is 1. The Bertz CT molecular complexity index is 1580. The molecular weight excluding hydrogens is 644 g/mol. The average Bonchev–Trinajstić information content (AvgIpc) is 3.14. The van der Waals surface area contributed by atoms with Crippen molar-refractivity contribution in [2.45, 2.75) is 56.9 Å². The Morgan fingerprint density at radius 3 is 2.50 bits per heavy atom. The first kappa shape index (κ1) is 37.7. The minimum absolute atomic E-state index is 0.00294. The van der Waals surface area contributed by atoms with Crippen molar-refractivity contribution in [1.29, 1.82) is 0 Å². The highest BCUT2D eigenvalue weighted by atomic mass is 16.6. The fraction of sp³-hybridized carbons (Fsp3) is 0.486. The van der Waals surface area contributed by atoms with Gasteiger partial charge in [0, 0.05) is 35.8 Å². The normalized spacial score (nSPS) is 18.7. The Balaban J connectivity index is 1.59. The minimum Gasteiger partial charge on any atom is -0.465 e. The van der Waals surface area contributed by atoms with Gasteiger partial charge in [-0.1, -0.05) is 54.5 Å². The summed E-state index contributed by atoms with van der Waals surface area (Å²) in [5.41, 5.74) is 11.1. The molecule has 15 nitrogen and oxygen atoms in total. The van der Waals surface area contributed by atoms with Crippen LogP contribution in [0.4, 0.5) is 5.69 Å². The highest BCUT2D eigenvalue weighted by molar-refractivity contribution is 5.94. The molecule has 0 saturated carbocycles. The molecule has 266 valence electrons. The van der Waals surface area contributed by atoms with Gasteiger partial charge in [-0.2, -0.15) is 0 Å². The summed E-state index contributed by atoms with van der Waals surface area (Å²) in [6.07, 6.45) is 3.60. The molecule has 2 unspecified atom stereocenters. The van der Waals surface area contributed by atoms with Crippen LogP contribution in [0, 0.1) is 10.1 Å². The van der Waals surface area contributed by atoms with Gasteiger partial charge in [-0.15, -0.1) is 0 Å². The zero-order valence-corrected chi connectivity index (χ0v) is 28.5. The number of hydrogen-bond donors (Lipinski definition) is 1. The lowest BCUT2D eigenvalue weighted by molar-refractivity contribution is -0.384. The van der Waals surface area contributed by atoms with E-state index in [1.807, 2.05) is 44.2 Å². The molecular formula is C35H44N8O7. The highest BCUT2D eigenvalue weighted by Crippen LogP contribution is 2.39. The highest BCUT2D eigenvalue weighted by Gasteiger charge is 2.44. The lowest BCUT2D eigenvalue weighted by atomic mass is 9.72. The Hall–Kier alpha value is -5.11. The number of esters is 1. The molecule has 15 heteroatoms. The number of amides is 2. The number of carbonyl (C=O) groups excluding carboxylic acids is 3. The van der Waals surface area contributed by atoms with Gasteiger partial charge in [-0.3, -0.25) is 29.5 Å². The standard InChI is InChI=1S/C35H44N8O7/c1-3-29-32(37-24-44)31(26-11-13-28(14-12-26)43(47)48)33(30(39-29)23-49-22-17-38-40-36)42(25-45)19-8-18-41-20-15-35(16-21-41,34(46)50-4-2)27-9-6-5-7-10-27/h5-7,9-14,24-25,31-32H,3-4,8,15-23H2,1-2H3,(H,37,44). The number of nitro benzene ring substituents is 1. The third kappa shape index (κ3) is 8.91. The second-order valence-electron chi connectivity index (χ2n) is 12.0. The Morgan fingerprint density at radius 2 is 1.90 bits per heavy atom. The zero-order valence-electron chi connectivity index (χ0n) is 28.5. The molecule has 1 saturated heterocycles. The van der Waals surface area contributed by atoms with Gasteiger partial charge >= 0.3 is 5.97 Å². The molecule has 0 radical (unpaired) electrons. The molecule has 0 aliphatic carbocycles. The Kier molecular flexibility index (Phi) is 14.0. The third-order valence-electron chi connectivity index (χ3n) is 9.28. The minimum atomic E-state index is -0.712. The third-order valence-corrected chi connectivity index (χ3v) is 9.28. The Labute approximate surface area is 291 Å². The number of non-ortho nitro benzene ring substituents is 1. The van der Waals surface area contributed by atoms with Crippen LogP contribution < -0.4 is 5.32 Å². The van der Waals surface area contributed by atoms with Gasteiger partial charge < -0.3 is 24.6 Å². The molecule has 1 fully saturated rings. The number of hydrogen-bond acceptors (Lipinski definition) is 10. The summed E-state index contributed by atoms with van der Waals surface area (Å²) in [5, 5.41) is 17.8. The molecule has 2 atom stereocenters. The molecule has 2 aromatic rings. The summed E-state index contributed by atoms with van der Waals surface area (Å²) >= 11 is 0. The van der Waals surface area contributed by atoms with E-state index in [9.17, 15) is 24.5 Å². The number of rotatable bonds is 19. The average molecular weight is 689 g/mol. The van der Waals surface area contributed by atoms with E-state index in [-0.39, 0.29) is 31.4 Å². The van der Waals surface area contributed by atoms with Crippen molar-refractivity contribution in [2.75, 3.05) is 52.5 Å². The van der Waals surface area contributed by atoms with E-state index in [1.54, 1.807) is 17.0 Å². The molecule has 2 aromatic carbocycles. The van der Waals surface area contributed by atoms with Gasteiger partial charge in [0.15, 0.2) is 0 Å². The van der Waals surface area contributed by atoms with Crippen LogP contribution in [0.15, 0.2) is 76.1 Å². The van der Waals surface area contributed by atoms with Crippen LogP contribution in [0.5, 0.6) is 0 Å². The predicted molar refractivity (Wildman–Crippen MR) is 186 cm³/mol. The van der Waals surface area contributed by atoms with Gasteiger partial charge in [0.25, 0.3) is 5.69 Å². The quantitative estimate of drug-likeness (QED) is 0.0322. The SMILES string of the molecule is CCOC(=O)C1(c2ccccc2)CCN(CCCN(C=O)C2=C(COCCN=[N+]=[N-])N=C(CC)C(NC=O)C2c2ccc([N+](=O)[O-])cc2)CC1. The van der Waals surface area contributed by atoms with Gasteiger partial charge in [0.2, 0.25) is 12.8 Å². The lowest BCUT2D eigenvalue weighted by Crippen LogP contribution is -2.49. The van der Waals surface area contributed by atoms with Crippen molar-refractivity contribution in [2.24, 2.45) is 10.1 Å². The summed E-state index contributed by atoms with van der Waals surface area (Å²) in [7, 11) is 0. The van der Waals surface area contributed by atoms with E-state index in [4.69, 9.17) is 20.0 Å². The number of piperidine rings is 1. The van der Waals surface area contributed by atoms with Crippen LogP contribution in [0.3, 0.4) is 0 Å². The van der Waals surface area contributed by atoms with E-state index < -0.39 is 22.3 Å². The van der Waals surface area contributed by atoms with Crippen molar-refractivity contribution >= 4 is 30.2 Å². The molecule has 1 N–H and O–H groups in total. The number of carbonyl (C=O) groups is 3. The second kappa shape index (κ2) is 18.6. The first-order chi connectivity index (χ1) is 24.3. The van der Waals surface area contributed by atoms with Gasteiger partial charge in [0.05, 0.1) is 53.5 Å². The zero-order chi connectivity index (χ0) is 35.9. The maximum Gasteiger partial charge on any atom is 0.316 e. The van der Waals surface area contributed by atoms with Gasteiger partial charge in [0.1, 0.15) is 0 Å². The molecule has 50 heavy (non-hydrogen) atoms. The number of aliphatic imine (C=N–C) groups is 1. The smallest absolute Gasteiger partial charge is 0.316 e. The van der Waals surface area contributed by atoms with Crippen molar-refractivity contribution < 1.29 is 28.8 Å². The molecule has 4 rings (SSSR count). The van der Waals surface area contributed by atoms with Crippen LogP contribution in [0.1, 0.15) is 56.6 Å². The van der Waals surface area contributed by atoms with Crippen molar-refractivity contribution in [3.05, 3.63) is 97.7 Å². The monoisotopic (exact) mass is 688 g/mol. The largest absolute Gasteiger partial charge is 0.465 e. The van der Waals surface area contributed by atoms with Gasteiger partial charge in [-0.25, -0.2) is 0 Å². The van der Waals surface area contributed by atoms with E-state index in [2.05, 4.69) is 20.2 Å². The van der Waals surface area contributed by atoms with E-state index in [0.717, 1.165) is 12.0 Å². The van der Waals surface area contributed by atoms with E-state index in [1.165, 1.54) is 12.1 Å². The molecule has 0 spiro atoms. The summed E-state index contributed by atoms with van der Waals surface area (Å²) in [5.74, 6) is -0.820. The predicted octanol–water partition coefficient (Wildman–Crippen LogP) is 4.64. The van der Waals surface area contributed by atoms with Crippen LogP contribution in [-0.2, 0) is 29.3 Å². The maximum absolute atomic E-state index is 13.2. The summed E-state index contributed by atoms with van der Waals surface area (Å²) in [4.78, 5) is 60.3. The molecule has 2 aliphatic rings. The van der Waals surface area contributed by atoms with Crippen molar-refractivity contribution in [3.8, 4) is 0 Å². The summed E-state index contributed by atoms with van der Waals surface area (Å²) in [6, 6.07) is 15.2. The van der Waals surface area contributed by atoms with Crippen LogP contribution in [0.2, 0.25) is 0 Å². The first-order valence-corrected chi connectivity index (χ1v) is 16.8. The van der Waals surface area contributed by atoms with Crippen LogP contribution in [0.25, 0.3) is 10.4 Å². The number of nitrogens with zero attached hydrogens (tertiary/aromatic N) is 7. The second-order valence-corrected chi connectivity index (χ2v) is 12.0. The first-order valence-electron chi connectivity index (χ1n) is 16.8. The van der Waals surface area contributed by atoms with Crippen molar-refractivity contribution in [1.82, 2.24) is 15.1 Å². The van der Waals surface area contributed by atoms with Crippen LogP contribution >= 0.6 is 0 Å². The van der Waals surface area contributed by atoms with Gasteiger partial charge in [-0.05, 0) is 68.9 Å². The number of benzene rings is 2. The molecule has 2 heterocycles. The molecule has 0 aromatic heterocycles. The molecule has 2 aliphatic heterocycles. The fourth-order valence-electron chi connectivity index (χ4n) is 6.81. The Morgan fingerprint density at radius 1 is 1.18 bits per heavy atom. The topological polar surface area (TPSA) is 192 Å². The summed E-state index contributed by atoms with van der Waals surface area (Å²) in [6.45, 7) is 6.57. The van der Waals surface area contributed by atoms with Crippen LogP contribution in [-0.4, -0.2) is 97.8 Å².